The molecule has 0 heterocycles. The van der Waals surface area contributed by atoms with Crippen LogP contribution in [-0.2, 0) is 22.4 Å². The normalized spacial score (nSPS) is 10.8. The minimum atomic E-state index is -1.14. The number of carbonyl (C=O) groups is 1. The lowest BCUT2D eigenvalue weighted by atomic mass is 9.93. The summed E-state index contributed by atoms with van der Waals surface area (Å²) in [5.41, 5.74) is 6.52. The predicted molar refractivity (Wildman–Crippen MR) is 125 cm³/mol. The summed E-state index contributed by atoms with van der Waals surface area (Å²) in [6.07, 6.45) is 1.40. The first kappa shape index (κ1) is 24.3. The van der Waals surface area contributed by atoms with Crippen LogP contribution in [0.1, 0.15) is 29.2 Å². The van der Waals surface area contributed by atoms with E-state index in [-0.39, 0.29) is 12.5 Å². The first-order chi connectivity index (χ1) is 15.9. The third kappa shape index (κ3) is 6.80. The lowest BCUT2D eigenvalue weighted by molar-refractivity contribution is -0.139. The quantitative estimate of drug-likeness (QED) is 0.297. The van der Waals surface area contributed by atoms with Crippen LogP contribution in [0.2, 0.25) is 0 Å². The fourth-order valence-corrected chi connectivity index (χ4v) is 3.78. The summed E-state index contributed by atoms with van der Waals surface area (Å²) in [6, 6.07) is 17.0. The number of hydrogen-bond donors (Lipinski definition) is 1. The number of hydrogen-bond acceptors (Lipinski definition) is 4. The molecule has 6 heteroatoms. The molecule has 3 rings (SSSR count). The number of benzene rings is 3. The zero-order valence-corrected chi connectivity index (χ0v) is 19.2. The van der Waals surface area contributed by atoms with Crippen molar-refractivity contribution in [1.82, 2.24) is 0 Å². The zero-order valence-electron chi connectivity index (χ0n) is 19.2. The van der Waals surface area contributed by atoms with Crippen molar-refractivity contribution in [2.75, 3.05) is 20.0 Å². The van der Waals surface area contributed by atoms with Crippen LogP contribution in [-0.4, -0.2) is 31.1 Å². The molecule has 0 unspecified atom stereocenters. The van der Waals surface area contributed by atoms with E-state index in [0.29, 0.717) is 13.0 Å². The Morgan fingerprint density at radius 1 is 0.939 bits per heavy atom. The predicted octanol–water partition coefficient (Wildman–Crippen LogP) is 5.73. The Bertz CT molecular complexity index is 1090. The molecule has 0 saturated heterocycles. The van der Waals surface area contributed by atoms with E-state index >= 15 is 0 Å². The number of rotatable bonds is 11. The molecule has 0 bridgehead atoms. The van der Waals surface area contributed by atoms with Crippen LogP contribution in [0.5, 0.6) is 11.5 Å². The van der Waals surface area contributed by atoms with Gasteiger partial charge in [-0.3, -0.25) is 0 Å². The van der Waals surface area contributed by atoms with Crippen LogP contribution in [0.3, 0.4) is 0 Å². The highest BCUT2D eigenvalue weighted by molar-refractivity contribution is 5.72. The summed E-state index contributed by atoms with van der Waals surface area (Å²) in [5, 5.41) is 8.67. The number of halogens is 1. The molecular weight excluding hydrogens is 423 g/mol. The molecule has 0 aliphatic rings. The number of carboxylic acid groups (broad SMARTS) is 1. The summed E-state index contributed by atoms with van der Waals surface area (Å²) in [7, 11) is 0. The van der Waals surface area contributed by atoms with Crippen molar-refractivity contribution in [1.29, 1.82) is 0 Å². The van der Waals surface area contributed by atoms with Crippen molar-refractivity contribution in [3.05, 3.63) is 82.7 Å². The van der Waals surface area contributed by atoms with Crippen molar-refractivity contribution in [3.8, 4) is 22.6 Å². The molecule has 1 N–H and O–H groups in total. The Morgan fingerprint density at radius 2 is 1.64 bits per heavy atom. The van der Waals surface area contributed by atoms with Gasteiger partial charge < -0.3 is 19.3 Å². The van der Waals surface area contributed by atoms with Gasteiger partial charge in [-0.2, -0.15) is 0 Å². The molecule has 5 nitrogen and oxygen atoms in total. The molecule has 174 valence electrons. The third-order valence-electron chi connectivity index (χ3n) is 5.28. The van der Waals surface area contributed by atoms with Gasteiger partial charge in [-0.25, -0.2) is 9.18 Å². The fourth-order valence-electron chi connectivity index (χ4n) is 3.78. The standard InChI is InChI=1S/C27H29FO5/c1-4-31-17-33-23-12-18(2)27(19(3)13-23)22-7-5-6-20(14-22)8-9-21-10-11-25(24(28)15-21)32-16-26(29)30/h5-7,10-15H,4,8-9,16-17H2,1-3H3,(H,29,30). The molecule has 0 amide bonds. The third-order valence-corrected chi connectivity index (χ3v) is 5.28. The van der Waals surface area contributed by atoms with Gasteiger partial charge in [-0.1, -0.05) is 30.3 Å². The molecule has 0 aliphatic heterocycles. The van der Waals surface area contributed by atoms with E-state index in [1.54, 1.807) is 6.07 Å². The van der Waals surface area contributed by atoms with Gasteiger partial charge in [0.15, 0.2) is 25.0 Å². The largest absolute Gasteiger partial charge is 0.479 e. The molecule has 0 saturated carbocycles. The maximum Gasteiger partial charge on any atom is 0.341 e. The minimum Gasteiger partial charge on any atom is -0.479 e. The van der Waals surface area contributed by atoms with Crippen LogP contribution in [0, 0.1) is 19.7 Å². The molecule has 3 aromatic carbocycles. The molecule has 0 fully saturated rings. The van der Waals surface area contributed by atoms with Crippen LogP contribution < -0.4 is 9.47 Å². The average Bonchev–Trinajstić information content (AvgIpc) is 2.77. The summed E-state index contributed by atoms with van der Waals surface area (Å²) < 4.78 is 30.1. The molecular formula is C27H29FO5. The van der Waals surface area contributed by atoms with E-state index in [1.165, 1.54) is 17.7 Å². The molecule has 0 spiro atoms. The average molecular weight is 453 g/mol. The second kappa shape index (κ2) is 11.5. The zero-order chi connectivity index (χ0) is 23.8. The van der Waals surface area contributed by atoms with Gasteiger partial charge in [0.05, 0.1) is 0 Å². The first-order valence-corrected chi connectivity index (χ1v) is 10.9. The molecule has 33 heavy (non-hydrogen) atoms. The highest BCUT2D eigenvalue weighted by Gasteiger charge is 2.11. The van der Waals surface area contributed by atoms with E-state index in [9.17, 15) is 9.18 Å². The number of aryl methyl sites for hydroxylation is 4. The Balaban J connectivity index is 1.70. The molecule has 0 atom stereocenters. The van der Waals surface area contributed by atoms with Gasteiger partial charge >= 0.3 is 5.97 Å². The Labute approximate surface area is 193 Å². The summed E-state index contributed by atoms with van der Waals surface area (Å²) >= 11 is 0. The number of aliphatic carboxylic acids is 1. The Hall–Kier alpha value is -3.38. The van der Waals surface area contributed by atoms with Crippen LogP contribution in [0.4, 0.5) is 4.39 Å². The van der Waals surface area contributed by atoms with Gasteiger partial charge in [0.1, 0.15) is 5.75 Å². The summed E-state index contributed by atoms with van der Waals surface area (Å²) in [4.78, 5) is 10.6. The van der Waals surface area contributed by atoms with Gasteiger partial charge in [-0.05, 0) is 91.3 Å². The second-order valence-electron chi connectivity index (χ2n) is 7.83. The van der Waals surface area contributed by atoms with Crippen LogP contribution in [0.15, 0.2) is 54.6 Å². The SMILES string of the molecule is CCOCOc1cc(C)c(-c2cccc(CCc3ccc(OCC(=O)O)c(F)c3)c2)c(C)c1. The molecule has 0 aliphatic carbocycles. The Morgan fingerprint density at radius 3 is 2.27 bits per heavy atom. The van der Waals surface area contributed by atoms with Crippen LogP contribution >= 0.6 is 0 Å². The lowest BCUT2D eigenvalue weighted by Gasteiger charge is -2.15. The maximum atomic E-state index is 14.2. The van der Waals surface area contributed by atoms with E-state index in [1.807, 2.05) is 25.1 Å². The van der Waals surface area contributed by atoms with E-state index in [0.717, 1.165) is 40.0 Å². The van der Waals surface area contributed by atoms with E-state index in [2.05, 4.69) is 32.0 Å². The highest BCUT2D eigenvalue weighted by Crippen LogP contribution is 2.32. The number of carboxylic acids is 1. The van der Waals surface area contributed by atoms with Gasteiger partial charge in [0.2, 0.25) is 0 Å². The summed E-state index contributed by atoms with van der Waals surface area (Å²) in [5.74, 6) is -0.962. The van der Waals surface area contributed by atoms with Crippen molar-refractivity contribution in [3.63, 3.8) is 0 Å². The highest BCUT2D eigenvalue weighted by atomic mass is 19.1. The lowest BCUT2D eigenvalue weighted by Crippen LogP contribution is -2.10. The van der Waals surface area contributed by atoms with Crippen molar-refractivity contribution < 1.29 is 28.5 Å². The second-order valence-corrected chi connectivity index (χ2v) is 7.83. The molecule has 0 radical (unpaired) electrons. The Kier molecular flexibility index (Phi) is 8.44. The minimum absolute atomic E-state index is 0.0530. The van der Waals surface area contributed by atoms with Crippen molar-refractivity contribution in [2.24, 2.45) is 0 Å². The van der Waals surface area contributed by atoms with Crippen LogP contribution in [0.25, 0.3) is 11.1 Å². The monoisotopic (exact) mass is 452 g/mol. The fraction of sp³-hybridized carbons (Fsp3) is 0.296. The molecule has 0 aromatic heterocycles. The number of ether oxygens (including phenoxy) is 3. The van der Waals surface area contributed by atoms with Crippen molar-refractivity contribution in [2.45, 2.75) is 33.6 Å². The van der Waals surface area contributed by atoms with Gasteiger partial charge in [0, 0.05) is 6.61 Å². The van der Waals surface area contributed by atoms with E-state index < -0.39 is 18.4 Å². The van der Waals surface area contributed by atoms with Gasteiger partial charge in [0.25, 0.3) is 0 Å². The smallest absolute Gasteiger partial charge is 0.341 e. The first-order valence-electron chi connectivity index (χ1n) is 10.9. The van der Waals surface area contributed by atoms with Gasteiger partial charge in [-0.15, -0.1) is 0 Å². The van der Waals surface area contributed by atoms with Crippen molar-refractivity contribution >= 4 is 5.97 Å². The topological polar surface area (TPSA) is 65.0 Å². The van der Waals surface area contributed by atoms with E-state index in [4.69, 9.17) is 19.3 Å². The summed E-state index contributed by atoms with van der Waals surface area (Å²) in [6.45, 7) is 6.34. The molecule has 3 aromatic rings. The maximum absolute atomic E-state index is 14.2.